The van der Waals surface area contributed by atoms with Crippen LogP contribution in [-0.2, 0) is 20.4 Å². The van der Waals surface area contributed by atoms with Gasteiger partial charge in [-0.3, -0.25) is 0 Å². The second-order valence-corrected chi connectivity index (χ2v) is 12.0. The van der Waals surface area contributed by atoms with Gasteiger partial charge in [0, 0.05) is 49.5 Å². The molecule has 2 aromatic carbocycles. The molecule has 2 atom stereocenters. The number of aliphatic hydroxyl groups is 1. The molecule has 2 aliphatic rings. The molecule has 0 aromatic heterocycles. The van der Waals surface area contributed by atoms with Crippen LogP contribution in [0.2, 0.25) is 0 Å². The monoisotopic (exact) mass is 544 g/mol. The van der Waals surface area contributed by atoms with Gasteiger partial charge in [-0.1, -0.05) is 24.3 Å². The zero-order chi connectivity index (χ0) is 26.1. The Morgan fingerprint density at radius 3 is 2.31 bits per heavy atom. The molecule has 0 radical (unpaired) electrons. The van der Waals surface area contributed by atoms with Crippen molar-refractivity contribution in [2.24, 2.45) is 5.92 Å². The van der Waals surface area contributed by atoms with Crippen molar-refractivity contribution in [2.45, 2.75) is 53.8 Å². The summed E-state index contributed by atoms with van der Waals surface area (Å²) in [5.74, 6) is 0.358. The summed E-state index contributed by atoms with van der Waals surface area (Å²) in [5.41, 5.74) is -2.51. The Kier molecular flexibility index (Phi) is 7.97. The number of nitrogens with zero attached hydrogens (tertiary/aromatic N) is 2. The average Bonchev–Trinajstić information content (AvgIpc) is 2.84. The van der Waals surface area contributed by atoms with Crippen LogP contribution in [0.25, 0.3) is 0 Å². The van der Waals surface area contributed by atoms with E-state index in [1.807, 2.05) is 0 Å². The summed E-state index contributed by atoms with van der Waals surface area (Å²) in [6, 6.07) is 12.1. The molecule has 2 aliphatic heterocycles. The van der Waals surface area contributed by atoms with Crippen molar-refractivity contribution in [1.82, 2.24) is 4.31 Å². The molecular weight excluding hydrogens is 513 g/mol. The number of halogens is 3. The lowest BCUT2D eigenvalue weighted by Crippen LogP contribution is -2.55. The fraction of sp³-hybridized carbons (Fsp3) is 0.520. The number of alkyl halides is 3. The van der Waals surface area contributed by atoms with E-state index >= 15 is 0 Å². The van der Waals surface area contributed by atoms with E-state index in [0.29, 0.717) is 36.3 Å². The number of ether oxygens (including phenoxy) is 1. The van der Waals surface area contributed by atoms with E-state index in [4.69, 9.17) is 4.74 Å². The Labute approximate surface area is 215 Å². The van der Waals surface area contributed by atoms with Crippen molar-refractivity contribution < 1.29 is 31.4 Å². The Morgan fingerprint density at radius 1 is 1.06 bits per heavy atom. The van der Waals surface area contributed by atoms with E-state index in [1.54, 1.807) is 36.4 Å². The zero-order valence-electron chi connectivity index (χ0n) is 20.0. The maximum Gasteiger partial charge on any atom is 0.421 e. The van der Waals surface area contributed by atoms with Gasteiger partial charge in [0.25, 0.3) is 0 Å². The van der Waals surface area contributed by atoms with Gasteiger partial charge in [-0.05, 0) is 61.9 Å². The minimum Gasteiger partial charge on any atom is -0.381 e. The Morgan fingerprint density at radius 2 is 1.69 bits per heavy atom. The first-order valence-electron chi connectivity index (χ1n) is 11.9. The van der Waals surface area contributed by atoms with Gasteiger partial charge in [-0.2, -0.15) is 17.5 Å². The molecule has 2 saturated heterocycles. The van der Waals surface area contributed by atoms with Crippen molar-refractivity contribution >= 4 is 28.3 Å². The molecule has 1 N–H and O–H groups in total. The lowest BCUT2D eigenvalue weighted by Gasteiger charge is -2.44. The number of benzene rings is 2. The average molecular weight is 545 g/mol. The summed E-state index contributed by atoms with van der Waals surface area (Å²) in [4.78, 5) is 2.61. The standard InChI is InChI=1S/C25H31F3N2O4S2/c1-24(31,25(26,27)28)19-6-8-20(9-7-19)30-13-12-29(17-21(30)16-18-10-14-34-15-11-18)36(32,33)23-5-3-2-4-22(23)35/h2-9,18,21,31,35H,10-17H2,1H3/t21-,24-/m1/s1. The van der Waals surface area contributed by atoms with Crippen molar-refractivity contribution in [3.63, 3.8) is 0 Å². The van der Waals surface area contributed by atoms with Crippen LogP contribution in [0.3, 0.4) is 0 Å². The lowest BCUT2D eigenvalue weighted by molar-refractivity contribution is -0.258. The minimum absolute atomic E-state index is 0.158. The molecule has 36 heavy (non-hydrogen) atoms. The second kappa shape index (κ2) is 10.5. The predicted molar refractivity (Wildman–Crippen MR) is 134 cm³/mol. The van der Waals surface area contributed by atoms with Crippen LogP contribution in [0.15, 0.2) is 58.3 Å². The second-order valence-electron chi connectivity index (χ2n) is 9.59. The summed E-state index contributed by atoms with van der Waals surface area (Å²) in [7, 11) is -3.77. The van der Waals surface area contributed by atoms with Gasteiger partial charge >= 0.3 is 6.18 Å². The summed E-state index contributed by atoms with van der Waals surface area (Å²) in [6.07, 6.45) is -2.31. The van der Waals surface area contributed by atoms with Gasteiger partial charge < -0.3 is 14.7 Å². The first kappa shape index (κ1) is 27.3. The van der Waals surface area contributed by atoms with E-state index in [9.17, 15) is 26.7 Å². The third kappa shape index (κ3) is 5.55. The molecule has 0 bridgehead atoms. The molecule has 0 spiro atoms. The fourth-order valence-electron chi connectivity index (χ4n) is 4.91. The van der Waals surface area contributed by atoms with E-state index < -0.39 is 21.8 Å². The lowest BCUT2D eigenvalue weighted by atomic mass is 9.90. The molecule has 2 aromatic rings. The van der Waals surface area contributed by atoms with Crippen LogP contribution in [0.1, 0.15) is 31.7 Å². The Hall–Kier alpha value is -1.79. The first-order chi connectivity index (χ1) is 16.9. The number of thiol groups is 1. The number of hydrogen-bond donors (Lipinski definition) is 2. The Bertz CT molecular complexity index is 1150. The van der Waals surface area contributed by atoms with Crippen molar-refractivity contribution in [3.05, 3.63) is 54.1 Å². The van der Waals surface area contributed by atoms with Gasteiger partial charge in [-0.15, -0.1) is 12.6 Å². The van der Waals surface area contributed by atoms with E-state index in [2.05, 4.69) is 17.5 Å². The highest BCUT2D eigenvalue weighted by atomic mass is 32.2. The highest BCUT2D eigenvalue weighted by Crippen LogP contribution is 2.39. The predicted octanol–water partition coefficient (Wildman–Crippen LogP) is 4.44. The van der Waals surface area contributed by atoms with Gasteiger partial charge in [0.2, 0.25) is 10.0 Å². The van der Waals surface area contributed by atoms with Gasteiger partial charge in [0.15, 0.2) is 5.60 Å². The normalized spacial score (nSPS) is 22.4. The first-order valence-corrected chi connectivity index (χ1v) is 13.8. The van der Waals surface area contributed by atoms with Crippen molar-refractivity contribution in [3.8, 4) is 0 Å². The quantitative estimate of drug-likeness (QED) is 0.527. The van der Waals surface area contributed by atoms with Crippen molar-refractivity contribution in [2.75, 3.05) is 37.7 Å². The molecule has 0 aliphatic carbocycles. The van der Waals surface area contributed by atoms with Crippen molar-refractivity contribution in [1.29, 1.82) is 0 Å². The molecule has 2 heterocycles. The molecule has 11 heteroatoms. The summed E-state index contributed by atoms with van der Waals surface area (Å²) >= 11 is 4.34. The molecule has 6 nitrogen and oxygen atoms in total. The zero-order valence-corrected chi connectivity index (χ0v) is 21.7. The highest BCUT2D eigenvalue weighted by molar-refractivity contribution is 7.90. The summed E-state index contributed by atoms with van der Waals surface area (Å²) < 4.78 is 73.7. The smallest absolute Gasteiger partial charge is 0.381 e. The van der Waals surface area contributed by atoms with Gasteiger partial charge in [0.1, 0.15) is 0 Å². The molecular formula is C25H31F3N2O4S2. The summed E-state index contributed by atoms with van der Waals surface area (Å²) in [5, 5.41) is 10.0. The van der Waals surface area contributed by atoms with Crippen LogP contribution >= 0.6 is 12.6 Å². The number of anilines is 1. The van der Waals surface area contributed by atoms with Gasteiger partial charge in [-0.25, -0.2) is 8.42 Å². The van der Waals surface area contributed by atoms with Crippen LogP contribution < -0.4 is 4.90 Å². The number of piperazine rings is 1. The molecule has 0 amide bonds. The third-order valence-electron chi connectivity index (χ3n) is 7.19. The molecule has 198 valence electrons. The van der Waals surface area contributed by atoms with Gasteiger partial charge in [0.05, 0.1) is 4.90 Å². The maximum atomic E-state index is 13.4. The number of hydrogen-bond acceptors (Lipinski definition) is 6. The largest absolute Gasteiger partial charge is 0.421 e. The molecule has 0 unspecified atom stereocenters. The van der Waals surface area contributed by atoms with E-state index in [-0.39, 0.29) is 29.6 Å². The topological polar surface area (TPSA) is 70.1 Å². The third-order valence-corrected chi connectivity index (χ3v) is 9.65. The minimum atomic E-state index is -4.80. The highest BCUT2D eigenvalue weighted by Gasteiger charge is 2.51. The van der Waals surface area contributed by atoms with Crippen LogP contribution in [0.4, 0.5) is 18.9 Å². The molecule has 0 saturated carbocycles. The molecule has 4 rings (SSSR count). The fourth-order valence-corrected chi connectivity index (χ4v) is 6.97. The molecule has 2 fully saturated rings. The van der Waals surface area contributed by atoms with Crippen LogP contribution in [0.5, 0.6) is 0 Å². The number of rotatable bonds is 6. The van der Waals surface area contributed by atoms with E-state index in [1.165, 1.54) is 16.4 Å². The van der Waals surface area contributed by atoms with E-state index in [0.717, 1.165) is 26.2 Å². The number of sulfonamides is 1. The summed E-state index contributed by atoms with van der Waals surface area (Å²) in [6.45, 7) is 2.93. The maximum absolute atomic E-state index is 13.4. The SMILES string of the molecule is C[C@@](O)(c1ccc(N2CCN(S(=O)(=O)c3ccccc3S)C[C@H]2CC2CCOCC2)cc1)C(F)(F)F. The van der Waals surface area contributed by atoms with Crippen LogP contribution in [-0.4, -0.2) is 62.9 Å². The Balaban J connectivity index is 1.60. The van der Waals surface area contributed by atoms with Crippen LogP contribution in [0, 0.1) is 5.92 Å².